The van der Waals surface area contributed by atoms with Gasteiger partial charge >= 0.3 is 5.97 Å². The Hall–Kier alpha value is -3.15. The minimum Gasteiger partial charge on any atom is -0.454 e. The summed E-state index contributed by atoms with van der Waals surface area (Å²) in [5.74, 6) is -1.48. The molecule has 2 amide bonds. The minimum absolute atomic E-state index is 0.0116. The van der Waals surface area contributed by atoms with Crippen LogP contribution in [0.15, 0.2) is 36.4 Å². The molecule has 2 N–H and O–H groups in total. The SMILES string of the molecule is Cc1cc(C)c(NC(=O)COC(=O)[C@H](C)NC(=O)c2ccc(C(C)(C)C)cc2)c(C)c1. The Bertz CT molecular complexity index is 949. The van der Waals surface area contributed by atoms with Crippen LogP contribution < -0.4 is 10.6 Å². The molecule has 0 radical (unpaired) electrons. The summed E-state index contributed by atoms with van der Waals surface area (Å²) in [6.07, 6.45) is 0. The summed E-state index contributed by atoms with van der Waals surface area (Å²) in [4.78, 5) is 36.8. The topological polar surface area (TPSA) is 84.5 Å². The van der Waals surface area contributed by atoms with Crippen LogP contribution in [0.1, 0.15) is 60.3 Å². The van der Waals surface area contributed by atoms with E-state index in [2.05, 4.69) is 31.4 Å². The average molecular weight is 425 g/mol. The van der Waals surface area contributed by atoms with Crippen molar-refractivity contribution in [3.8, 4) is 0 Å². The van der Waals surface area contributed by atoms with Crippen molar-refractivity contribution in [3.63, 3.8) is 0 Å². The first-order valence-corrected chi connectivity index (χ1v) is 10.3. The highest BCUT2D eigenvalue weighted by molar-refractivity contribution is 5.97. The van der Waals surface area contributed by atoms with E-state index < -0.39 is 24.5 Å². The molecule has 0 spiro atoms. The molecular weight excluding hydrogens is 392 g/mol. The summed E-state index contributed by atoms with van der Waals surface area (Å²) in [5.41, 5.74) is 5.26. The molecular formula is C25H32N2O4. The maximum atomic E-state index is 12.4. The van der Waals surface area contributed by atoms with Crippen LogP contribution in [0.2, 0.25) is 0 Å². The molecule has 0 aliphatic rings. The summed E-state index contributed by atoms with van der Waals surface area (Å²) < 4.78 is 5.08. The predicted octanol–water partition coefficient (Wildman–Crippen LogP) is 4.21. The molecule has 0 aliphatic heterocycles. The van der Waals surface area contributed by atoms with Gasteiger partial charge in [0.15, 0.2) is 6.61 Å². The van der Waals surface area contributed by atoms with Gasteiger partial charge < -0.3 is 15.4 Å². The first kappa shape index (κ1) is 24.1. The molecule has 1 atom stereocenters. The van der Waals surface area contributed by atoms with Crippen LogP contribution in [0.4, 0.5) is 5.69 Å². The second-order valence-electron chi connectivity index (χ2n) is 8.95. The van der Waals surface area contributed by atoms with Crippen LogP contribution in [0.5, 0.6) is 0 Å². The van der Waals surface area contributed by atoms with Gasteiger partial charge in [-0.2, -0.15) is 0 Å². The normalized spacial score (nSPS) is 12.1. The fourth-order valence-corrected chi connectivity index (χ4v) is 3.27. The number of ether oxygens (including phenoxy) is 1. The van der Waals surface area contributed by atoms with Gasteiger partial charge in [-0.3, -0.25) is 9.59 Å². The first-order chi connectivity index (χ1) is 14.4. The van der Waals surface area contributed by atoms with E-state index in [9.17, 15) is 14.4 Å². The Morgan fingerprint density at radius 3 is 2.03 bits per heavy atom. The molecule has 0 aromatic heterocycles. The largest absolute Gasteiger partial charge is 0.454 e. The molecule has 0 aliphatic carbocycles. The van der Waals surface area contributed by atoms with Gasteiger partial charge in [0, 0.05) is 11.3 Å². The molecule has 6 heteroatoms. The van der Waals surface area contributed by atoms with E-state index in [4.69, 9.17) is 4.74 Å². The Morgan fingerprint density at radius 1 is 0.968 bits per heavy atom. The number of rotatable bonds is 6. The molecule has 0 heterocycles. The molecule has 0 bridgehead atoms. The van der Waals surface area contributed by atoms with Gasteiger partial charge in [-0.25, -0.2) is 4.79 Å². The van der Waals surface area contributed by atoms with E-state index >= 15 is 0 Å². The molecule has 166 valence electrons. The third kappa shape index (κ3) is 6.67. The highest BCUT2D eigenvalue weighted by Gasteiger charge is 2.20. The summed E-state index contributed by atoms with van der Waals surface area (Å²) >= 11 is 0. The van der Waals surface area contributed by atoms with Crippen LogP contribution in [0.3, 0.4) is 0 Å². The Balaban J connectivity index is 1.88. The van der Waals surface area contributed by atoms with Crippen molar-refractivity contribution in [1.82, 2.24) is 5.32 Å². The van der Waals surface area contributed by atoms with Gasteiger partial charge in [0.25, 0.3) is 11.8 Å². The van der Waals surface area contributed by atoms with E-state index in [0.29, 0.717) is 11.3 Å². The van der Waals surface area contributed by atoms with Crippen LogP contribution in [-0.2, 0) is 19.7 Å². The lowest BCUT2D eigenvalue weighted by molar-refractivity contribution is -0.148. The van der Waals surface area contributed by atoms with Crippen LogP contribution in [0, 0.1) is 20.8 Å². The Morgan fingerprint density at radius 2 is 1.52 bits per heavy atom. The smallest absolute Gasteiger partial charge is 0.328 e. The quantitative estimate of drug-likeness (QED) is 0.681. The zero-order valence-electron chi connectivity index (χ0n) is 19.4. The lowest BCUT2D eigenvalue weighted by Gasteiger charge is -2.19. The number of carbonyl (C=O) groups excluding carboxylic acids is 3. The molecule has 2 aromatic rings. The third-order valence-electron chi connectivity index (χ3n) is 5.00. The number of amides is 2. The number of anilines is 1. The van der Waals surface area contributed by atoms with Gasteiger partial charge in [-0.15, -0.1) is 0 Å². The van der Waals surface area contributed by atoms with Crippen molar-refractivity contribution >= 4 is 23.5 Å². The molecule has 0 saturated heterocycles. The molecule has 31 heavy (non-hydrogen) atoms. The van der Waals surface area contributed by atoms with Crippen molar-refractivity contribution in [2.75, 3.05) is 11.9 Å². The Labute approximate surface area is 184 Å². The lowest BCUT2D eigenvalue weighted by atomic mass is 9.86. The van der Waals surface area contributed by atoms with E-state index in [-0.39, 0.29) is 11.3 Å². The number of esters is 1. The molecule has 2 rings (SSSR count). The maximum Gasteiger partial charge on any atom is 0.328 e. The maximum absolute atomic E-state index is 12.4. The number of hydrogen-bond donors (Lipinski definition) is 2. The van der Waals surface area contributed by atoms with Crippen LogP contribution in [0.25, 0.3) is 0 Å². The lowest BCUT2D eigenvalue weighted by Crippen LogP contribution is -2.40. The highest BCUT2D eigenvalue weighted by atomic mass is 16.5. The van der Waals surface area contributed by atoms with Crippen molar-refractivity contribution < 1.29 is 19.1 Å². The zero-order valence-corrected chi connectivity index (χ0v) is 19.4. The van der Waals surface area contributed by atoms with E-state index in [0.717, 1.165) is 22.3 Å². The first-order valence-electron chi connectivity index (χ1n) is 10.3. The van der Waals surface area contributed by atoms with Crippen molar-refractivity contribution in [2.45, 2.75) is 59.9 Å². The highest BCUT2D eigenvalue weighted by Crippen LogP contribution is 2.23. The van der Waals surface area contributed by atoms with Gasteiger partial charge in [0.05, 0.1) is 0 Å². The Kier molecular flexibility index (Phi) is 7.60. The zero-order chi connectivity index (χ0) is 23.3. The number of aryl methyl sites for hydroxylation is 3. The molecule has 0 saturated carbocycles. The van der Waals surface area contributed by atoms with E-state index in [1.54, 1.807) is 12.1 Å². The van der Waals surface area contributed by atoms with Gasteiger partial charge in [0.1, 0.15) is 6.04 Å². The van der Waals surface area contributed by atoms with E-state index in [1.165, 1.54) is 6.92 Å². The fourth-order valence-electron chi connectivity index (χ4n) is 3.27. The van der Waals surface area contributed by atoms with Crippen molar-refractivity contribution in [2.24, 2.45) is 0 Å². The molecule has 0 fully saturated rings. The fraction of sp³-hybridized carbons (Fsp3) is 0.400. The van der Waals surface area contributed by atoms with Gasteiger partial charge in [0.2, 0.25) is 0 Å². The predicted molar refractivity (Wildman–Crippen MR) is 122 cm³/mol. The number of carbonyl (C=O) groups is 3. The minimum atomic E-state index is -0.884. The van der Waals surface area contributed by atoms with Crippen molar-refractivity contribution in [1.29, 1.82) is 0 Å². The van der Waals surface area contributed by atoms with Gasteiger partial charge in [-0.05, 0) is 61.9 Å². The van der Waals surface area contributed by atoms with Crippen LogP contribution >= 0.6 is 0 Å². The summed E-state index contributed by atoms with van der Waals surface area (Å²) in [6.45, 7) is 13.2. The second kappa shape index (κ2) is 9.77. The molecule has 0 unspecified atom stereocenters. The number of hydrogen-bond acceptors (Lipinski definition) is 4. The van der Waals surface area contributed by atoms with Crippen molar-refractivity contribution in [3.05, 3.63) is 64.2 Å². The number of nitrogens with one attached hydrogen (secondary N) is 2. The van der Waals surface area contributed by atoms with Gasteiger partial charge in [-0.1, -0.05) is 50.6 Å². The second-order valence-corrected chi connectivity index (χ2v) is 8.95. The summed E-state index contributed by atoms with van der Waals surface area (Å²) in [7, 11) is 0. The third-order valence-corrected chi connectivity index (χ3v) is 5.00. The molecule has 6 nitrogen and oxygen atoms in total. The number of benzene rings is 2. The monoisotopic (exact) mass is 424 g/mol. The summed E-state index contributed by atoms with van der Waals surface area (Å²) in [6, 6.07) is 10.3. The standard InChI is InChI=1S/C25H32N2O4/c1-15-12-16(2)22(17(3)13-15)27-21(28)14-31-24(30)18(4)26-23(29)19-8-10-20(11-9-19)25(5,6)7/h8-13,18H,14H2,1-7H3,(H,26,29)(H,27,28)/t18-/m0/s1. The summed E-state index contributed by atoms with van der Waals surface area (Å²) in [5, 5.41) is 5.39. The van der Waals surface area contributed by atoms with Crippen LogP contribution in [-0.4, -0.2) is 30.4 Å². The van der Waals surface area contributed by atoms with E-state index in [1.807, 2.05) is 45.0 Å². The average Bonchev–Trinajstić information content (AvgIpc) is 2.68. The molecule has 2 aromatic carbocycles.